The molecule has 4 nitrogen and oxygen atoms in total. The Hall–Kier alpha value is -0.770. The van der Waals surface area contributed by atoms with Gasteiger partial charge in [-0.05, 0) is 40.8 Å². The maximum Gasteiger partial charge on any atom is 0.188 e. The van der Waals surface area contributed by atoms with Crippen LogP contribution in [0.15, 0.2) is 4.99 Å². The van der Waals surface area contributed by atoms with Crippen LogP contribution in [0.2, 0.25) is 0 Å². The number of likely N-dealkylation sites (N-methyl/N-ethyl adjacent to an activating group) is 1. The zero-order valence-corrected chi connectivity index (χ0v) is 11.1. The number of nitrogens with two attached hydrogens (primary N) is 1. The summed E-state index contributed by atoms with van der Waals surface area (Å²) < 4.78 is 0. The number of guanidine groups is 1. The summed E-state index contributed by atoms with van der Waals surface area (Å²) in [5.41, 5.74) is 6.07. The second kappa shape index (κ2) is 5.53. The molecule has 0 aromatic carbocycles. The predicted octanol–water partition coefficient (Wildman–Crippen LogP) is 1.17. The lowest BCUT2D eigenvalue weighted by molar-refractivity contribution is 0.167. The van der Waals surface area contributed by atoms with Gasteiger partial charge in [-0.1, -0.05) is 12.8 Å². The van der Waals surface area contributed by atoms with Crippen molar-refractivity contribution >= 4 is 5.96 Å². The Morgan fingerprint density at radius 2 is 1.94 bits per heavy atom. The smallest absolute Gasteiger partial charge is 0.188 e. The number of aliphatic imine (C=N–C) groups is 1. The van der Waals surface area contributed by atoms with Crippen molar-refractivity contribution in [1.29, 1.82) is 0 Å². The van der Waals surface area contributed by atoms with E-state index in [1.54, 1.807) is 0 Å². The summed E-state index contributed by atoms with van der Waals surface area (Å²) in [6.45, 7) is 4.95. The van der Waals surface area contributed by atoms with Gasteiger partial charge in [0.2, 0.25) is 0 Å². The average molecular weight is 226 g/mol. The van der Waals surface area contributed by atoms with Gasteiger partial charge in [0.1, 0.15) is 0 Å². The van der Waals surface area contributed by atoms with Gasteiger partial charge in [0.25, 0.3) is 0 Å². The van der Waals surface area contributed by atoms with Crippen molar-refractivity contribution in [2.45, 2.75) is 51.1 Å². The molecule has 94 valence electrons. The van der Waals surface area contributed by atoms with E-state index in [2.05, 4.69) is 43.2 Å². The molecule has 1 aliphatic rings. The van der Waals surface area contributed by atoms with Gasteiger partial charge in [-0.25, -0.2) is 0 Å². The van der Waals surface area contributed by atoms with Crippen molar-refractivity contribution in [3.8, 4) is 0 Å². The zero-order chi connectivity index (χ0) is 12.2. The zero-order valence-electron chi connectivity index (χ0n) is 11.1. The molecular formula is C12H26N4. The molecule has 1 saturated carbocycles. The van der Waals surface area contributed by atoms with E-state index < -0.39 is 0 Å². The first-order valence-electron chi connectivity index (χ1n) is 6.20. The number of hydrogen-bond acceptors (Lipinski definition) is 2. The highest BCUT2D eigenvalue weighted by molar-refractivity contribution is 5.78. The van der Waals surface area contributed by atoms with Crippen molar-refractivity contribution in [2.24, 2.45) is 10.7 Å². The van der Waals surface area contributed by atoms with Crippen LogP contribution in [0.25, 0.3) is 0 Å². The quantitative estimate of drug-likeness (QED) is 0.559. The minimum atomic E-state index is 0.239. The third-order valence-electron chi connectivity index (χ3n) is 3.46. The van der Waals surface area contributed by atoms with Gasteiger partial charge in [-0.15, -0.1) is 0 Å². The lowest BCUT2D eigenvalue weighted by Gasteiger charge is -2.35. The molecule has 4 heteroatoms. The van der Waals surface area contributed by atoms with Gasteiger partial charge >= 0.3 is 0 Å². The van der Waals surface area contributed by atoms with Crippen LogP contribution in [0.5, 0.6) is 0 Å². The van der Waals surface area contributed by atoms with Crippen LogP contribution in [0.4, 0.5) is 0 Å². The topological polar surface area (TPSA) is 53.6 Å². The molecule has 0 saturated heterocycles. The van der Waals surface area contributed by atoms with Crippen LogP contribution < -0.4 is 11.1 Å². The van der Waals surface area contributed by atoms with Gasteiger partial charge in [0, 0.05) is 11.6 Å². The van der Waals surface area contributed by atoms with Gasteiger partial charge < -0.3 is 16.0 Å². The highest BCUT2D eigenvalue weighted by Crippen LogP contribution is 2.33. The summed E-state index contributed by atoms with van der Waals surface area (Å²) in [6.07, 6.45) is 5.09. The van der Waals surface area contributed by atoms with E-state index in [0.717, 1.165) is 6.54 Å². The summed E-state index contributed by atoms with van der Waals surface area (Å²) in [4.78, 5) is 6.79. The van der Waals surface area contributed by atoms with Gasteiger partial charge in [0.15, 0.2) is 5.96 Å². The van der Waals surface area contributed by atoms with Crippen LogP contribution in [0.1, 0.15) is 39.5 Å². The van der Waals surface area contributed by atoms with E-state index in [-0.39, 0.29) is 5.54 Å². The van der Waals surface area contributed by atoms with Crippen LogP contribution in [0, 0.1) is 0 Å². The Morgan fingerprint density at radius 1 is 1.38 bits per heavy atom. The molecule has 16 heavy (non-hydrogen) atoms. The number of nitrogens with one attached hydrogen (secondary N) is 1. The van der Waals surface area contributed by atoms with Crippen LogP contribution in [0.3, 0.4) is 0 Å². The molecule has 0 aliphatic heterocycles. The molecule has 0 aromatic rings. The van der Waals surface area contributed by atoms with E-state index >= 15 is 0 Å². The third-order valence-corrected chi connectivity index (χ3v) is 3.46. The fourth-order valence-electron chi connectivity index (χ4n) is 2.35. The normalized spacial score (nSPS) is 20.8. The molecule has 1 fully saturated rings. The van der Waals surface area contributed by atoms with E-state index in [1.165, 1.54) is 25.7 Å². The lowest BCUT2D eigenvalue weighted by atomic mass is 9.96. The Labute approximate surface area is 99.3 Å². The van der Waals surface area contributed by atoms with E-state index in [0.29, 0.717) is 12.0 Å². The Kier molecular flexibility index (Phi) is 4.59. The highest BCUT2D eigenvalue weighted by atomic mass is 15.2. The highest BCUT2D eigenvalue weighted by Gasteiger charge is 2.35. The fraction of sp³-hybridized carbons (Fsp3) is 0.917. The minimum Gasteiger partial charge on any atom is -0.370 e. The molecule has 0 heterocycles. The van der Waals surface area contributed by atoms with E-state index in [9.17, 15) is 0 Å². The lowest BCUT2D eigenvalue weighted by Crippen LogP contribution is -2.46. The Bertz CT molecular complexity index is 239. The maximum atomic E-state index is 5.83. The molecule has 0 aromatic heterocycles. The molecule has 0 atom stereocenters. The molecule has 0 bridgehead atoms. The molecule has 1 aliphatic carbocycles. The summed E-state index contributed by atoms with van der Waals surface area (Å²) in [5, 5.41) is 3.13. The summed E-state index contributed by atoms with van der Waals surface area (Å²) in [6, 6.07) is 0.350. The number of rotatable bonds is 4. The monoisotopic (exact) mass is 226 g/mol. The minimum absolute atomic E-state index is 0.239. The van der Waals surface area contributed by atoms with Gasteiger partial charge in [-0.3, -0.25) is 4.99 Å². The molecule has 0 spiro atoms. The Balaban J connectivity index is 2.56. The molecule has 0 radical (unpaired) electrons. The summed E-state index contributed by atoms with van der Waals surface area (Å²) in [5.74, 6) is 0.572. The first-order valence-corrected chi connectivity index (χ1v) is 6.20. The van der Waals surface area contributed by atoms with E-state index in [4.69, 9.17) is 5.73 Å². The number of nitrogens with zero attached hydrogens (tertiary/aromatic N) is 2. The maximum absolute atomic E-state index is 5.83. The van der Waals surface area contributed by atoms with Crippen LogP contribution in [-0.4, -0.2) is 43.1 Å². The summed E-state index contributed by atoms with van der Waals surface area (Å²) >= 11 is 0. The third kappa shape index (κ3) is 3.37. The first kappa shape index (κ1) is 13.3. The number of hydrogen-bond donors (Lipinski definition) is 2. The SMILES string of the molecule is CC(C)NC(N)=NCC1(N(C)C)CCCC1. The molecule has 3 N–H and O–H groups in total. The van der Waals surface area contributed by atoms with Crippen molar-refractivity contribution < 1.29 is 0 Å². The largest absolute Gasteiger partial charge is 0.370 e. The van der Waals surface area contributed by atoms with E-state index in [1.807, 2.05) is 0 Å². The predicted molar refractivity (Wildman–Crippen MR) is 69.6 cm³/mol. The summed E-state index contributed by atoms with van der Waals surface area (Å²) in [7, 11) is 4.29. The molecule has 0 unspecified atom stereocenters. The van der Waals surface area contributed by atoms with Crippen LogP contribution in [-0.2, 0) is 0 Å². The second-order valence-corrected chi connectivity index (χ2v) is 5.33. The molecular weight excluding hydrogens is 200 g/mol. The van der Waals surface area contributed by atoms with Crippen molar-refractivity contribution in [1.82, 2.24) is 10.2 Å². The van der Waals surface area contributed by atoms with Crippen molar-refractivity contribution in [3.63, 3.8) is 0 Å². The van der Waals surface area contributed by atoms with Gasteiger partial charge in [0.05, 0.1) is 6.54 Å². The molecule has 0 amide bonds. The van der Waals surface area contributed by atoms with Crippen molar-refractivity contribution in [2.75, 3.05) is 20.6 Å². The van der Waals surface area contributed by atoms with Crippen molar-refractivity contribution in [3.05, 3.63) is 0 Å². The second-order valence-electron chi connectivity index (χ2n) is 5.33. The van der Waals surface area contributed by atoms with Gasteiger partial charge in [-0.2, -0.15) is 0 Å². The fourth-order valence-corrected chi connectivity index (χ4v) is 2.35. The van der Waals surface area contributed by atoms with Crippen LogP contribution >= 0.6 is 0 Å². The Morgan fingerprint density at radius 3 is 2.38 bits per heavy atom. The average Bonchev–Trinajstić information content (AvgIpc) is 2.63. The standard InChI is InChI=1S/C12H26N4/c1-10(2)15-11(13)14-9-12(16(3)4)7-5-6-8-12/h10H,5-9H2,1-4H3,(H3,13,14,15). The first-order chi connectivity index (χ1) is 7.46. The molecule has 1 rings (SSSR count).